The van der Waals surface area contributed by atoms with Crippen LogP contribution in [0.5, 0.6) is 5.75 Å². The summed E-state index contributed by atoms with van der Waals surface area (Å²) in [6, 6.07) is 5.29. The minimum absolute atomic E-state index is 0.0123. The number of hydrogen-bond acceptors (Lipinski definition) is 3. The molecule has 0 N–H and O–H groups in total. The first-order valence-corrected chi connectivity index (χ1v) is 7.60. The Morgan fingerprint density at radius 1 is 1.39 bits per heavy atom. The average molecular weight is 268 g/mol. The van der Waals surface area contributed by atoms with Gasteiger partial charge < -0.3 is 4.74 Å². The Labute approximate surface area is 111 Å². The van der Waals surface area contributed by atoms with Gasteiger partial charge >= 0.3 is 0 Å². The second-order valence-electron chi connectivity index (χ2n) is 4.22. The van der Waals surface area contributed by atoms with Gasteiger partial charge in [-0.3, -0.25) is 9.00 Å². The van der Waals surface area contributed by atoms with Crippen LogP contribution in [0, 0.1) is 0 Å². The standard InChI is InChI=1S/C14H20O3S/c1-4-5-8-18(16)10-13-9-12(11(2)15)6-7-14(13)17-3/h6-7,9H,4-5,8,10H2,1-3H3. The lowest BCUT2D eigenvalue weighted by molar-refractivity contribution is 0.101. The molecule has 0 saturated carbocycles. The molecule has 1 aromatic rings. The minimum Gasteiger partial charge on any atom is -0.496 e. The number of carbonyl (C=O) groups excluding carboxylic acids is 1. The van der Waals surface area contributed by atoms with Crippen LogP contribution in [-0.4, -0.2) is 22.9 Å². The van der Waals surface area contributed by atoms with Crippen LogP contribution < -0.4 is 4.74 Å². The maximum atomic E-state index is 11.9. The number of Topliss-reactive ketones (excluding diaryl/α,β-unsaturated/α-hetero) is 1. The van der Waals surface area contributed by atoms with Crippen molar-refractivity contribution in [3.05, 3.63) is 29.3 Å². The Bertz CT molecular complexity index is 441. The van der Waals surface area contributed by atoms with E-state index in [9.17, 15) is 9.00 Å². The summed E-state index contributed by atoms with van der Waals surface area (Å²) in [6.45, 7) is 3.60. The molecule has 100 valence electrons. The molecule has 18 heavy (non-hydrogen) atoms. The maximum absolute atomic E-state index is 11.9. The van der Waals surface area contributed by atoms with Crippen LogP contribution in [0.1, 0.15) is 42.6 Å². The summed E-state index contributed by atoms with van der Waals surface area (Å²) in [5, 5.41) is 0. The Balaban J connectivity index is 2.87. The van der Waals surface area contributed by atoms with Crippen molar-refractivity contribution < 1.29 is 13.7 Å². The smallest absolute Gasteiger partial charge is 0.159 e. The Kier molecular flexibility index (Phi) is 6.05. The number of benzene rings is 1. The average Bonchev–Trinajstić information content (AvgIpc) is 2.36. The van der Waals surface area contributed by atoms with E-state index in [1.54, 1.807) is 25.3 Å². The highest BCUT2D eigenvalue weighted by Gasteiger charge is 2.10. The Morgan fingerprint density at radius 3 is 2.67 bits per heavy atom. The van der Waals surface area contributed by atoms with Gasteiger partial charge in [0.05, 0.1) is 12.9 Å². The molecule has 0 fully saturated rings. The van der Waals surface area contributed by atoms with Gasteiger partial charge in [-0.2, -0.15) is 0 Å². The number of ether oxygens (including phenoxy) is 1. The molecule has 3 nitrogen and oxygen atoms in total. The van der Waals surface area contributed by atoms with Crippen LogP contribution >= 0.6 is 0 Å². The fraction of sp³-hybridized carbons (Fsp3) is 0.500. The summed E-state index contributed by atoms with van der Waals surface area (Å²) in [6.07, 6.45) is 2.00. The molecule has 1 aromatic carbocycles. The largest absolute Gasteiger partial charge is 0.496 e. The molecular formula is C14H20O3S. The number of carbonyl (C=O) groups is 1. The molecule has 0 aliphatic rings. The lowest BCUT2D eigenvalue weighted by Gasteiger charge is -2.09. The van der Waals surface area contributed by atoms with E-state index >= 15 is 0 Å². The van der Waals surface area contributed by atoms with Crippen molar-refractivity contribution in [1.29, 1.82) is 0 Å². The predicted molar refractivity (Wildman–Crippen MR) is 74.6 cm³/mol. The summed E-state index contributed by atoms with van der Waals surface area (Å²) in [7, 11) is 0.689. The molecular weight excluding hydrogens is 248 g/mol. The highest BCUT2D eigenvalue weighted by molar-refractivity contribution is 7.84. The van der Waals surface area contributed by atoms with Gasteiger partial charge in [-0.1, -0.05) is 13.3 Å². The molecule has 0 aliphatic carbocycles. The molecule has 0 saturated heterocycles. The van der Waals surface area contributed by atoms with E-state index in [2.05, 4.69) is 6.92 Å². The van der Waals surface area contributed by atoms with E-state index in [1.165, 1.54) is 6.92 Å². The Morgan fingerprint density at radius 2 is 2.11 bits per heavy atom. The second kappa shape index (κ2) is 7.31. The van der Waals surface area contributed by atoms with Crippen molar-refractivity contribution in [2.75, 3.05) is 12.9 Å². The van der Waals surface area contributed by atoms with E-state index < -0.39 is 10.8 Å². The third-order valence-electron chi connectivity index (χ3n) is 2.73. The van der Waals surface area contributed by atoms with Crippen LogP contribution in [0.25, 0.3) is 0 Å². The van der Waals surface area contributed by atoms with Gasteiger partial charge in [0.25, 0.3) is 0 Å². The summed E-state index contributed by atoms with van der Waals surface area (Å²) in [5.74, 6) is 1.86. The van der Waals surface area contributed by atoms with Crippen molar-refractivity contribution in [2.45, 2.75) is 32.4 Å². The van der Waals surface area contributed by atoms with Gasteiger partial charge in [0.1, 0.15) is 5.75 Å². The van der Waals surface area contributed by atoms with Crippen molar-refractivity contribution >= 4 is 16.6 Å². The third kappa shape index (κ3) is 4.26. The third-order valence-corrected chi connectivity index (χ3v) is 4.11. The van der Waals surface area contributed by atoms with Gasteiger partial charge in [0.2, 0.25) is 0 Å². The second-order valence-corrected chi connectivity index (χ2v) is 5.80. The minimum atomic E-state index is -0.896. The SMILES string of the molecule is CCCCS(=O)Cc1cc(C(C)=O)ccc1OC. The van der Waals surface area contributed by atoms with Crippen molar-refractivity contribution in [3.8, 4) is 5.75 Å². The van der Waals surface area contributed by atoms with Gasteiger partial charge in [-0.05, 0) is 31.5 Å². The number of hydrogen-bond donors (Lipinski definition) is 0. The zero-order valence-electron chi connectivity index (χ0n) is 11.2. The van der Waals surface area contributed by atoms with E-state index in [0.717, 1.165) is 18.4 Å². The summed E-state index contributed by atoms with van der Waals surface area (Å²) in [5.41, 5.74) is 1.48. The molecule has 0 aromatic heterocycles. The number of rotatable bonds is 7. The summed E-state index contributed by atoms with van der Waals surface area (Å²) >= 11 is 0. The van der Waals surface area contributed by atoms with E-state index in [1.807, 2.05) is 0 Å². The number of methoxy groups -OCH3 is 1. The number of ketones is 1. The molecule has 0 radical (unpaired) electrons. The first-order chi connectivity index (χ1) is 8.58. The molecule has 1 rings (SSSR count). The summed E-state index contributed by atoms with van der Waals surface area (Å²) < 4.78 is 17.1. The van der Waals surface area contributed by atoms with Gasteiger partial charge in [-0.15, -0.1) is 0 Å². The monoisotopic (exact) mass is 268 g/mol. The number of unbranched alkanes of at least 4 members (excludes halogenated alkanes) is 1. The highest BCUT2D eigenvalue weighted by atomic mass is 32.2. The van der Waals surface area contributed by atoms with Gasteiger partial charge in [-0.25, -0.2) is 0 Å². The molecule has 0 amide bonds. The van der Waals surface area contributed by atoms with Crippen LogP contribution in [0.3, 0.4) is 0 Å². The molecule has 0 bridgehead atoms. The molecule has 1 unspecified atom stereocenters. The normalized spacial score (nSPS) is 12.2. The molecule has 0 aliphatic heterocycles. The summed E-state index contributed by atoms with van der Waals surface area (Å²) in [4.78, 5) is 11.3. The zero-order valence-corrected chi connectivity index (χ0v) is 12.0. The molecule has 0 heterocycles. The quantitative estimate of drug-likeness (QED) is 0.714. The highest BCUT2D eigenvalue weighted by Crippen LogP contribution is 2.22. The van der Waals surface area contributed by atoms with E-state index in [0.29, 0.717) is 22.8 Å². The molecule has 1 atom stereocenters. The first-order valence-electron chi connectivity index (χ1n) is 6.11. The fourth-order valence-corrected chi connectivity index (χ4v) is 2.99. The Hall–Kier alpha value is -1.16. The maximum Gasteiger partial charge on any atom is 0.159 e. The van der Waals surface area contributed by atoms with Gasteiger partial charge in [0.15, 0.2) is 5.78 Å². The van der Waals surface area contributed by atoms with Gasteiger partial charge in [0, 0.05) is 27.7 Å². The van der Waals surface area contributed by atoms with Crippen LogP contribution in [0.2, 0.25) is 0 Å². The van der Waals surface area contributed by atoms with E-state index in [-0.39, 0.29) is 5.78 Å². The van der Waals surface area contributed by atoms with E-state index in [4.69, 9.17) is 4.74 Å². The van der Waals surface area contributed by atoms with Crippen LogP contribution in [-0.2, 0) is 16.6 Å². The predicted octanol–water partition coefficient (Wildman–Crippen LogP) is 2.95. The van der Waals surface area contributed by atoms with Crippen LogP contribution in [0.15, 0.2) is 18.2 Å². The lowest BCUT2D eigenvalue weighted by atomic mass is 10.1. The molecule has 4 heteroatoms. The lowest BCUT2D eigenvalue weighted by Crippen LogP contribution is -2.04. The van der Waals surface area contributed by atoms with Crippen molar-refractivity contribution in [1.82, 2.24) is 0 Å². The first kappa shape index (κ1) is 14.9. The molecule has 0 spiro atoms. The van der Waals surface area contributed by atoms with Crippen LogP contribution in [0.4, 0.5) is 0 Å². The van der Waals surface area contributed by atoms with Crippen molar-refractivity contribution in [3.63, 3.8) is 0 Å². The topological polar surface area (TPSA) is 43.4 Å². The zero-order chi connectivity index (χ0) is 13.5. The van der Waals surface area contributed by atoms with Crippen molar-refractivity contribution in [2.24, 2.45) is 0 Å². The fourth-order valence-electron chi connectivity index (χ4n) is 1.66.